The summed E-state index contributed by atoms with van der Waals surface area (Å²) in [5.41, 5.74) is 1.54. The Morgan fingerprint density at radius 1 is 1.56 bits per heavy atom. The molecule has 1 amide bonds. The van der Waals surface area contributed by atoms with E-state index in [4.69, 9.17) is 4.74 Å². The van der Waals surface area contributed by atoms with E-state index in [0.29, 0.717) is 12.3 Å². The van der Waals surface area contributed by atoms with Gasteiger partial charge in [0.2, 0.25) is 5.82 Å². The van der Waals surface area contributed by atoms with E-state index in [2.05, 4.69) is 36.4 Å². The van der Waals surface area contributed by atoms with Gasteiger partial charge in [-0.05, 0) is 12.1 Å². The Morgan fingerprint density at radius 2 is 2.39 bits per heavy atom. The third kappa shape index (κ3) is 2.74. The summed E-state index contributed by atoms with van der Waals surface area (Å²) < 4.78 is 5.98. The molecule has 7 heteroatoms. The minimum Gasteiger partial charge on any atom is -0.380 e. The zero-order chi connectivity index (χ0) is 13.0. The highest BCUT2D eigenvalue weighted by Gasteiger charge is 2.12. The molecular weight excluding hydrogens is 300 g/mol. The zero-order valence-corrected chi connectivity index (χ0v) is 11.2. The molecule has 1 heterocycles. The van der Waals surface area contributed by atoms with Gasteiger partial charge < -0.3 is 10.1 Å². The predicted octanol–water partition coefficient (Wildman–Crippen LogP) is 1.97. The van der Waals surface area contributed by atoms with Crippen LogP contribution in [-0.2, 0) is 11.3 Å². The second-order valence-corrected chi connectivity index (χ2v) is 4.34. The molecule has 0 aliphatic heterocycles. The van der Waals surface area contributed by atoms with Crippen LogP contribution in [0, 0.1) is 0 Å². The summed E-state index contributed by atoms with van der Waals surface area (Å²) in [5, 5.41) is 8.89. The highest BCUT2D eigenvalue weighted by molar-refractivity contribution is 9.10. The number of hydrogen-bond acceptors (Lipinski definition) is 4. The number of anilines is 1. The van der Waals surface area contributed by atoms with Crippen molar-refractivity contribution in [3.05, 3.63) is 40.4 Å². The molecule has 0 saturated carbocycles. The third-order valence-electron chi connectivity index (χ3n) is 2.29. The summed E-state index contributed by atoms with van der Waals surface area (Å²) in [6.07, 6.45) is 1.28. The Kier molecular flexibility index (Phi) is 4.06. The second-order valence-electron chi connectivity index (χ2n) is 3.49. The summed E-state index contributed by atoms with van der Waals surface area (Å²) in [5.74, 6) is -0.179. The van der Waals surface area contributed by atoms with Crippen LogP contribution in [0.4, 0.5) is 5.69 Å². The average Bonchev–Trinajstić information content (AvgIpc) is 2.87. The molecule has 0 spiro atoms. The summed E-state index contributed by atoms with van der Waals surface area (Å²) in [4.78, 5) is 15.6. The van der Waals surface area contributed by atoms with Crippen molar-refractivity contribution in [3.8, 4) is 0 Å². The monoisotopic (exact) mass is 310 g/mol. The van der Waals surface area contributed by atoms with Gasteiger partial charge in [-0.1, -0.05) is 22.0 Å². The van der Waals surface area contributed by atoms with Crippen molar-refractivity contribution < 1.29 is 9.53 Å². The fourth-order valence-electron chi connectivity index (χ4n) is 1.46. The van der Waals surface area contributed by atoms with Crippen LogP contribution < -0.4 is 5.32 Å². The molecule has 0 bridgehead atoms. The first kappa shape index (κ1) is 12.7. The summed E-state index contributed by atoms with van der Waals surface area (Å²) in [6, 6.07) is 5.52. The number of ether oxygens (including phenoxy) is 1. The van der Waals surface area contributed by atoms with Crippen LogP contribution >= 0.6 is 15.9 Å². The van der Waals surface area contributed by atoms with Gasteiger partial charge in [0.15, 0.2) is 0 Å². The maximum atomic E-state index is 11.8. The van der Waals surface area contributed by atoms with Gasteiger partial charge in [0.1, 0.15) is 6.33 Å². The Labute approximate surface area is 112 Å². The van der Waals surface area contributed by atoms with E-state index in [-0.39, 0.29) is 11.7 Å². The van der Waals surface area contributed by atoms with E-state index in [0.717, 1.165) is 10.0 Å². The highest BCUT2D eigenvalue weighted by Crippen LogP contribution is 2.25. The molecule has 0 aliphatic carbocycles. The third-order valence-corrected chi connectivity index (χ3v) is 3.03. The summed E-state index contributed by atoms with van der Waals surface area (Å²) in [6.45, 7) is 0.396. The van der Waals surface area contributed by atoms with Crippen molar-refractivity contribution >= 4 is 27.5 Å². The van der Waals surface area contributed by atoms with Gasteiger partial charge in [-0.15, -0.1) is 0 Å². The normalized spacial score (nSPS) is 10.3. The lowest BCUT2D eigenvalue weighted by molar-refractivity contribution is 0.101. The predicted molar refractivity (Wildman–Crippen MR) is 69.2 cm³/mol. The Morgan fingerprint density at radius 3 is 3.06 bits per heavy atom. The molecule has 2 rings (SSSR count). The van der Waals surface area contributed by atoms with E-state index >= 15 is 0 Å². The Bertz CT molecular complexity index is 542. The molecule has 18 heavy (non-hydrogen) atoms. The van der Waals surface area contributed by atoms with Crippen LogP contribution in [0.15, 0.2) is 29.0 Å². The summed E-state index contributed by atoms with van der Waals surface area (Å²) in [7, 11) is 1.60. The molecule has 1 aromatic carbocycles. The zero-order valence-electron chi connectivity index (χ0n) is 9.61. The van der Waals surface area contributed by atoms with Gasteiger partial charge in [0, 0.05) is 22.8 Å². The van der Waals surface area contributed by atoms with Gasteiger partial charge in [-0.2, -0.15) is 5.10 Å². The van der Waals surface area contributed by atoms with Crippen molar-refractivity contribution in [1.82, 2.24) is 15.2 Å². The van der Waals surface area contributed by atoms with E-state index in [1.807, 2.05) is 12.1 Å². The minimum atomic E-state index is -0.344. The van der Waals surface area contributed by atoms with E-state index in [1.165, 1.54) is 6.33 Å². The first-order chi connectivity index (χ1) is 8.72. The minimum absolute atomic E-state index is 0.165. The number of benzene rings is 1. The Hall–Kier alpha value is -1.73. The molecule has 1 aromatic heterocycles. The largest absolute Gasteiger partial charge is 0.380 e. The maximum Gasteiger partial charge on any atom is 0.292 e. The number of nitrogens with zero attached hydrogens (tertiary/aromatic N) is 2. The highest BCUT2D eigenvalue weighted by atomic mass is 79.9. The number of aromatic amines is 1. The van der Waals surface area contributed by atoms with Crippen molar-refractivity contribution in [2.45, 2.75) is 6.61 Å². The first-order valence-electron chi connectivity index (χ1n) is 5.15. The van der Waals surface area contributed by atoms with Gasteiger partial charge in [0.05, 0.1) is 6.61 Å². The van der Waals surface area contributed by atoms with E-state index < -0.39 is 0 Å². The number of rotatable bonds is 4. The van der Waals surface area contributed by atoms with Crippen LogP contribution in [0.3, 0.4) is 0 Å². The number of amides is 1. The van der Waals surface area contributed by atoms with Crippen molar-refractivity contribution in [3.63, 3.8) is 0 Å². The van der Waals surface area contributed by atoms with Gasteiger partial charge in [-0.25, -0.2) is 4.98 Å². The molecule has 94 valence electrons. The lowest BCUT2D eigenvalue weighted by Crippen LogP contribution is -2.15. The molecule has 0 atom stereocenters. The van der Waals surface area contributed by atoms with Gasteiger partial charge in [-0.3, -0.25) is 9.89 Å². The summed E-state index contributed by atoms with van der Waals surface area (Å²) >= 11 is 3.42. The van der Waals surface area contributed by atoms with Crippen LogP contribution in [-0.4, -0.2) is 28.2 Å². The van der Waals surface area contributed by atoms with Gasteiger partial charge in [0.25, 0.3) is 5.91 Å². The number of aromatic nitrogens is 3. The molecule has 2 N–H and O–H groups in total. The molecule has 0 saturated heterocycles. The quantitative estimate of drug-likeness (QED) is 0.904. The van der Waals surface area contributed by atoms with Crippen LogP contribution in [0.2, 0.25) is 0 Å². The molecule has 6 nitrogen and oxygen atoms in total. The molecule has 0 aliphatic rings. The Balaban J connectivity index is 2.23. The standard InChI is InChI=1S/C11H11BrN4O2/c1-18-5-7-8(12)3-2-4-9(7)15-11(17)10-13-6-14-16-10/h2-4,6H,5H2,1H3,(H,15,17)(H,13,14,16). The lowest BCUT2D eigenvalue weighted by Gasteiger charge is -2.11. The number of methoxy groups -OCH3 is 1. The fourth-order valence-corrected chi connectivity index (χ4v) is 1.94. The number of H-pyrrole nitrogens is 1. The first-order valence-corrected chi connectivity index (χ1v) is 5.94. The van der Waals surface area contributed by atoms with Gasteiger partial charge >= 0.3 is 0 Å². The van der Waals surface area contributed by atoms with E-state index in [1.54, 1.807) is 13.2 Å². The topological polar surface area (TPSA) is 79.9 Å². The second kappa shape index (κ2) is 5.74. The number of carbonyl (C=O) groups excluding carboxylic acids is 1. The number of carbonyl (C=O) groups is 1. The van der Waals surface area contributed by atoms with Crippen LogP contribution in [0.5, 0.6) is 0 Å². The van der Waals surface area contributed by atoms with Crippen molar-refractivity contribution in [1.29, 1.82) is 0 Å². The maximum absolute atomic E-state index is 11.8. The van der Waals surface area contributed by atoms with Crippen LogP contribution in [0.25, 0.3) is 0 Å². The fraction of sp³-hybridized carbons (Fsp3) is 0.182. The molecule has 0 unspecified atom stereocenters. The average molecular weight is 311 g/mol. The SMILES string of the molecule is COCc1c(Br)cccc1NC(=O)c1ncn[nH]1. The lowest BCUT2D eigenvalue weighted by atomic mass is 10.2. The van der Waals surface area contributed by atoms with Crippen molar-refractivity contribution in [2.75, 3.05) is 12.4 Å². The number of hydrogen-bond donors (Lipinski definition) is 2. The van der Waals surface area contributed by atoms with E-state index in [9.17, 15) is 4.79 Å². The number of halogens is 1. The number of nitrogens with one attached hydrogen (secondary N) is 2. The van der Waals surface area contributed by atoms with Crippen molar-refractivity contribution in [2.24, 2.45) is 0 Å². The smallest absolute Gasteiger partial charge is 0.292 e. The molecule has 2 aromatic rings. The van der Waals surface area contributed by atoms with Crippen LogP contribution in [0.1, 0.15) is 16.2 Å². The molecule has 0 fully saturated rings. The molecule has 0 radical (unpaired) electrons. The molecular formula is C11H11BrN4O2.